The number of nitrogen functional groups attached to an aromatic ring is 1. The predicted octanol–water partition coefficient (Wildman–Crippen LogP) is 1.60. The number of anilines is 2. The zero-order valence-corrected chi connectivity index (χ0v) is 11.2. The molecule has 0 bridgehead atoms. The Labute approximate surface area is 116 Å². The number of fused-ring (bicyclic) bond motifs is 1. The maximum absolute atomic E-state index is 5.93. The highest BCUT2D eigenvalue weighted by Gasteiger charge is 2.05. The number of aryl methyl sites for hydroxylation is 1. The molecule has 0 saturated heterocycles. The minimum Gasteiger partial charge on any atom is -0.397 e. The summed E-state index contributed by atoms with van der Waals surface area (Å²) in [5, 5.41) is 8.67. The molecule has 0 amide bonds. The average molecular weight is 268 g/mol. The summed E-state index contributed by atoms with van der Waals surface area (Å²) in [4.78, 5) is 8.52. The number of hydrogen-bond donors (Lipinski definition) is 2. The lowest BCUT2D eigenvalue weighted by atomic mass is 10.1. The summed E-state index contributed by atoms with van der Waals surface area (Å²) < 4.78 is 1.71. The van der Waals surface area contributed by atoms with E-state index in [1.807, 2.05) is 31.3 Å². The number of nitrogens with zero attached hydrogens (tertiary/aromatic N) is 4. The predicted molar refractivity (Wildman–Crippen MR) is 79.4 cm³/mol. The second kappa shape index (κ2) is 5.16. The van der Waals surface area contributed by atoms with Gasteiger partial charge in [0.05, 0.1) is 11.2 Å². The molecule has 0 unspecified atom stereocenters. The van der Waals surface area contributed by atoms with Gasteiger partial charge in [0.15, 0.2) is 5.82 Å². The van der Waals surface area contributed by atoms with Crippen molar-refractivity contribution in [3.8, 4) is 0 Å². The van der Waals surface area contributed by atoms with Crippen LogP contribution in [0.2, 0.25) is 0 Å². The molecule has 0 atom stereocenters. The smallest absolute Gasteiger partial charge is 0.152 e. The largest absolute Gasteiger partial charge is 0.397 e. The molecule has 0 radical (unpaired) electrons. The first-order valence-corrected chi connectivity index (χ1v) is 6.45. The lowest BCUT2D eigenvalue weighted by Crippen LogP contribution is -2.07. The molecule has 0 aliphatic rings. The topological polar surface area (TPSA) is 81.7 Å². The lowest BCUT2D eigenvalue weighted by molar-refractivity contribution is 0.742. The number of nitrogens with one attached hydrogen (secondary N) is 1. The van der Waals surface area contributed by atoms with Crippen LogP contribution in [0, 0.1) is 0 Å². The average Bonchev–Trinajstić information content (AvgIpc) is 2.87. The third-order valence-corrected chi connectivity index (χ3v) is 3.11. The summed E-state index contributed by atoms with van der Waals surface area (Å²) in [5.74, 6) is 0.831. The first-order chi connectivity index (χ1) is 9.74. The fraction of sp³-hybridized carbons (Fsp3) is 0.214. The van der Waals surface area contributed by atoms with Crippen LogP contribution < -0.4 is 11.1 Å². The molecule has 1 aromatic carbocycles. The van der Waals surface area contributed by atoms with Crippen LogP contribution in [0.5, 0.6) is 0 Å². The first kappa shape index (κ1) is 12.4. The maximum atomic E-state index is 5.93. The summed E-state index contributed by atoms with van der Waals surface area (Å²) in [6, 6.07) is 7.77. The Morgan fingerprint density at radius 2 is 2.15 bits per heavy atom. The molecule has 0 aliphatic carbocycles. The molecule has 3 rings (SSSR count). The Kier molecular flexibility index (Phi) is 3.20. The quantitative estimate of drug-likeness (QED) is 0.702. The van der Waals surface area contributed by atoms with Crippen molar-refractivity contribution in [2.24, 2.45) is 7.05 Å². The Morgan fingerprint density at radius 1 is 1.25 bits per heavy atom. The van der Waals surface area contributed by atoms with E-state index in [0.717, 1.165) is 35.4 Å². The van der Waals surface area contributed by atoms with Crippen molar-refractivity contribution < 1.29 is 0 Å². The van der Waals surface area contributed by atoms with Crippen molar-refractivity contribution in [2.45, 2.75) is 6.42 Å². The third-order valence-electron chi connectivity index (χ3n) is 3.11. The standard InChI is InChI=1S/C14H16N6/c1-20-9-18-13(19-20)6-8-16-12-5-4-11(15)14-10(12)3-2-7-17-14/h2-5,7,9,16H,6,8,15H2,1H3. The minimum atomic E-state index is 0.692. The van der Waals surface area contributed by atoms with E-state index in [0.29, 0.717) is 5.69 Å². The highest BCUT2D eigenvalue weighted by molar-refractivity contribution is 5.98. The molecule has 0 aliphatic heterocycles. The van der Waals surface area contributed by atoms with Crippen molar-refractivity contribution in [3.63, 3.8) is 0 Å². The molecule has 3 aromatic rings. The molecule has 0 spiro atoms. The van der Waals surface area contributed by atoms with E-state index in [2.05, 4.69) is 20.4 Å². The normalized spacial score (nSPS) is 10.8. The van der Waals surface area contributed by atoms with E-state index in [4.69, 9.17) is 5.73 Å². The van der Waals surface area contributed by atoms with Gasteiger partial charge >= 0.3 is 0 Å². The zero-order valence-electron chi connectivity index (χ0n) is 11.2. The molecular formula is C14H16N6. The maximum Gasteiger partial charge on any atom is 0.152 e. The molecule has 2 aromatic heterocycles. The van der Waals surface area contributed by atoms with Gasteiger partial charge < -0.3 is 11.1 Å². The second-order valence-corrected chi connectivity index (χ2v) is 4.61. The fourth-order valence-electron chi connectivity index (χ4n) is 2.16. The SMILES string of the molecule is Cn1cnc(CCNc2ccc(N)c3ncccc23)n1. The fourth-order valence-corrected chi connectivity index (χ4v) is 2.16. The molecular weight excluding hydrogens is 252 g/mol. The van der Waals surface area contributed by atoms with Crippen molar-refractivity contribution in [3.05, 3.63) is 42.6 Å². The van der Waals surface area contributed by atoms with Crippen molar-refractivity contribution in [2.75, 3.05) is 17.6 Å². The van der Waals surface area contributed by atoms with Crippen LogP contribution in [0.4, 0.5) is 11.4 Å². The number of nitrogens with two attached hydrogens (primary N) is 1. The summed E-state index contributed by atoms with van der Waals surface area (Å²) in [7, 11) is 1.86. The van der Waals surface area contributed by atoms with Crippen LogP contribution >= 0.6 is 0 Å². The Balaban J connectivity index is 1.76. The number of pyridine rings is 1. The van der Waals surface area contributed by atoms with Gasteiger partial charge in [0.2, 0.25) is 0 Å². The van der Waals surface area contributed by atoms with Crippen molar-refractivity contribution in [1.82, 2.24) is 19.7 Å². The van der Waals surface area contributed by atoms with Crippen LogP contribution in [0.25, 0.3) is 10.9 Å². The van der Waals surface area contributed by atoms with Crippen LogP contribution in [0.3, 0.4) is 0 Å². The van der Waals surface area contributed by atoms with E-state index in [1.165, 1.54) is 0 Å². The molecule has 102 valence electrons. The molecule has 0 fully saturated rings. The summed E-state index contributed by atoms with van der Waals surface area (Å²) in [5.41, 5.74) is 8.48. The highest BCUT2D eigenvalue weighted by atomic mass is 15.3. The van der Waals surface area contributed by atoms with Gasteiger partial charge in [-0.05, 0) is 24.3 Å². The lowest BCUT2D eigenvalue weighted by Gasteiger charge is -2.09. The van der Waals surface area contributed by atoms with Gasteiger partial charge in [-0.25, -0.2) is 4.98 Å². The van der Waals surface area contributed by atoms with Gasteiger partial charge in [-0.2, -0.15) is 5.10 Å². The first-order valence-electron chi connectivity index (χ1n) is 6.45. The third kappa shape index (κ3) is 2.40. The Morgan fingerprint density at radius 3 is 2.95 bits per heavy atom. The van der Waals surface area contributed by atoms with Crippen LogP contribution in [0.15, 0.2) is 36.8 Å². The Bertz CT molecular complexity index is 733. The van der Waals surface area contributed by atoms with Crippen LogP contribution in [-0.2, 0) is 13.5 Å². The Hall–Kier alpha value is -2.63. The van der Waals surface area contributed by atoms with Crippen molar-refractivity contribution >= 4 is 22.3 Å². The number of hydrogen-bond acceptors (Lipinski definition) is 5. The number of rotatable bonds is 4. The molecule has 3 N–H and O–H groups in total. The van der Waals surface area contributed by atoms with Gasteiger partial charge in [0.25, 0.3) is 0 Å². The van der Waals surface area contributed by atoms with Gasteiger partial charge in [-0.1, -0.05) is 0 Å². The number of aromatic nitrogens is 4. The van der Waals surface area contributed by atoms with Crippen LogP contribution in [-0.4, -0.2) is 26.3 Å². The summed E-state index contributed by atoms with van der Waals surface area (Å²) in [6.45, 7) is 0.762. The highest BCUT2D eigenvalue weighted by Crippen LogP contribution is 2.26. The minimum absolute atomic E-state index is 0.692. The van der Waals surface area contributed by atoms with E-state index >= 15 is 0 Å². The van der Waals surface area contributed by atoms with Gasteiger partial charge in [0.1, 0.15) is 6.33 Å². The summed E-state index contributed by atoms with van der Waals surface area (Å²) >= 11 is 0. The molecule has 6 nitrogen and oxygen atoms in total. The van der Waals surface area contributed by atoms with Gasteiger partial charge in [0, 0.05) is 37.3 Å². The molecule has 2 heterocycles. The van der Waals surface area contributed by atoms with Crippen molar-refractivity contribution in [1.29, 1.82) is 0 Å². The van der Waals surface area contributed by atoms with Gasteiger partial charge in [-0.15, -0.1) is 0 Å². The zero-order chi connectivity index (χ0) is 13.9. The van der Waals surface area contributed by atoms with E-state index in [1.54, 1.807) is 17.2 Å². The number of benzene rings is 1. The second-order valence-electron chi connectivity index (χ2n) is 4.61. The van der Waals surface area contributed by atoms with E-state index in [9.17, 15) is 0 Å². The summed E-state index contributed by atoms with van der Waals surface area (Å²) in [6.07, 6.45) is 4.23. The van der Waals surface area contributed by atoms with Gasteiger partial charge in [-0.3, -0.25) is 9.67 Å². The van der Waals surface area contributed by atoms with E-state index < -0.39 is 0 Å². The van der Waals surface area contributed by atoms with Crippen LogP contribution in [0.1, 0.15) is 5.82 Å². The van der Waals surface area contributed by atoms with E-state index in [-0.39, 0.29) is 0 Å². The molecule has 6 heteroatoms. The monoisotopic (exact) mass is 268 g/mol. The molecule has 20 heavy (non-hydrogen) atoms. The molecule has 0 saturated carbocycles.